The summed E-state index contributed by atoms with van der Waals surface area (Å²) in [5.41, 5.74) is 1.69. The van der Waals surface area contributed by atoms with E-state index in [9.17, 15) is 4.79 Å². The molecule has 1 aliphatic heterocycles. The van der Waals surface area contributed by atoms with E-state index in [4.69, 9.17) is 4.74 Å². The smallest absolute Gasteiger partial charge is 0.363 e. The van der Waals surface area contributed by atoms with Crippen LogP contribution in [0.2, 0.25) is 0 Å². The van der Waals surface area contributed by atoms with Crippen LogP contribution in [0.3, 0.4) is 0 Å². The van der Waals surface area contributed by atoms with E-state index in [-0.39, 0.29) is 11.7 Å². The highest BCUT2D eigenvalue weighted by Crippen LogP contribution is 2.25. The minimum Gasteiger partial charge on any atom is -0.497 e. The zero-order valence-corrected chi connectivity index (χ0v) is 14.6. The molecule has 1 aliphatic rings. The van der Waals surface area contributed by atoms with Gasteiger partial charge in [-0.2, -0.15) is 9.77 Å². The van der Waals surface area contributed by atoms with Crippen LogP contribution in [0.4, 0.5) is 0 Å². The maximum absolute atomic E-state index is 12.0. The summed E-state index contributed by atoms with van der Waals surface area (Å²) in [7, 11) is 1.66. The molecule has 7 nitrogen and oxygen atoms in total. The predicted molar refractivity (Wildman–Crippen MR) is 100.0 cm³/mol. The Morgan fingerprint density at radius 2 is 1.88 bits per heavy atom. The molecule has 2 heterocycles. The Bertz CT molecular complexity index is 917. The normalized spacial score (nSPS) is 17.3. The molecule has 2 N–H and O–H groups in total. The SMILES string of the molecule is COc1ccc(C2CNCCN2n2[nH]c(=O)nc2-c2ccccc2)cc1. The van der Waals surface area contributed by atoms with Gasteiger partial charge < -0.3 is 10.1 Å². The lowest BCUT2D eigenvalue weighted by Gasteiger charge is -2.38. The first-order chi connectivity index (χ1) is 12.8. The molecule has 1 saturated heterocycles. The van der Waals surface area contributed by atoms with Gasteiger partial charge in [0, 0.05) is 25.2 Å². The number of hydrogen-bond donors (Lipinski definition) is 2. The molecule has 0 amide bonds. The zero-order chi connectivity index (χ0) is 17.9. The summed E-state index contributed by atoms with van der Waals surface area (Å²) in [4.78, 5) is 18.0. The Balaban J connectivity index is 1.74. The van der Waals surface area contributed by atoms with Crippen LogP contribution in [0.1, 0.15) is 11.6 Å². The molecule has 4 rings (SSSR count). The van der Waals surface area contributed by atoms with Crippen molar-refractivity contribution >= 4 is 0 Å². The number of piperazine rings is 1. The van der Waals surface area contributed by atoms with Gasteiger partial charge in [-0.05, 0) is 17.7 Å². The van der Waals surface area contributed by atoms with Crippen LogP contribution in [-0.4, -0.2) is 41.6 Å². The fourth-order valence-corrected chi connectivity index (χ4v) is 3.32. The molecule has 134 valence electrons. The van der Waals surface area contributed by atoms with Crippen molar-refractivity contribution in [2.75, 3.05) is 31.8 Å². The third kappa shape index (κ3) is 3.09. The van der Waals surface area contributed by atoms with Gasteiger partial charge in [0.15, 0.2) is 5.82 Å². The lowest BCUT2D eigenvalue weighted by molar-refractivity contribution is 0.381. The van der Waals surface area contributed by atoms with Gasteiger partial charge in [0.05, 0.1) is 13.2 Å². The third-order valence-corrected chi connectivity index (χ3v) is 4.61. The number of ether oxygens (including phenoxy) is 1. The number of rotatable bonds is 4. The molecule has 0 bridgehead atoms. The first-order valence-electron chi connectivity index (χ1n) is 8.62. The predicted octanol–water partition coefficient (Wildman–Crippen LogP) is 1.53. The lowest BCUT2D eigenvalue weighted by Crippen LogP contribution is -2.52. The van der Waals surface area contributed by atoms with Crippen molar-refractivity contribution in [1.82, 2.24) is 20.2 Å². The van der Waals surface area contributed by atoms with Gasteiger partial charge >= 0.3 is 5.69 Å². The molecule has 1 unspecified atom stereocenters. The first-order valence-corrected chi connectivity index (χ1v) is 8.62. The number of aromatic nitrogens is 3. The van der Waals surface area contributed by atoms with Crippen LogP contribution in [-0.2, 0) is 0 Å². The maximum atomic E-state index is 12.0. The monoisotopic (exact) mass is 351 g/mol. The van der Waals surface area contributed by atoms with Gasteiger partial charge in [0.25, 0.3) is 0 Å². The number of aromatic amines is 1. The Morgan fingerprint density at radius 1 is 1.12 bits per heavy atom. The topological polar surface area (TPSA) is 75.2 Å². The fraction of sp³-hybridized carbons (Fsp3) is 0.263. The molecule has 0 saturated carbocycles. The number of nitrogens with one attached hydrogen (secondary N) is 2. The van der Waals surface area contributed by atoms with Crippen LogP contribution < -0.4 is 20.8 Å². The van der Waals surface area contributed by atoms with Crippen molar-refractivity contribution < 1.29 is 4.74 Å². The Hall–Kier alpha value is -3.06. The molecular weight excluding hydrogens is 330 g/mol. The third-order valence-electron chi connectivity index (χ3n) is 4.61. The molecule has 1 fully saturated rings. The van der Waals surface area contributed by atoms with Gasteiger partial charge in [-0.25, -0.2) is 9.89 Å². The van der Waals surface area contributed by atoms with Crippen molar-refractivity contribution in [3.8, 4) is 17.1 Å². The van der Waals surface area contributed by atoms with Crippen LogP contribution in [0.25, 0.3) is 11.4 Å². The van der Waals surface area contributed by atoms with Crippen LogP contribution >= 0.6 is 0 Å². The highest BCUT2D eigenvalue weighted by molar-refractivity contribution is 5.55. The summed E-state index contributed by atoms with van der Waals surface area (Å²) in [6, 6.07) is 17.8. The minimum atomic E-state index is -0.351. The molecule has 0 spiro atoms. The number of nitrogens with zero attached hydrogens (tertiary/aromatic N) is 3. The quantitative estimate of drug-likeness (QED) is 0.746. The summed E-state index contributed by atoms with van der Waals surface area (Å²) < 4.78 is 5.26. The van der Waals surface area contributed by atoms with E-state index in [2.05, 4.69) is 32.5 Å². The number of benzene rings is 2. The second kappa shape index (κ2) is 7.05. The zero-order valence-electron chi connectivity index (χ0n) is 14.6. The molecule has 2 aromatic carbocycles. The first kappa shape index (κ1) is 16.4. The highest BCUT2D eigenvalue weighted by Gasteiger charge is 2.27. The summed E-state index contributed by atoms with van der Waals surface area (Å²) in [5, 5.41) is 8.44. The Labute approximate surface area is 151 Å². The van der Waals surface area contributed by atoms with E-state index >= 15 is 0 Å². The second-order valence-corrected chi connectivity index (χ2v) is 6.19. The highest BCUT2D eigenvalue weighted by atomic mass is 16.5. The molecule has 3 aromatic rings. The lowest BCUT2D eigenvalue weighted by atomic mass is 10.0. The molecule has 7 heteroatoms. The summed E-state index contributed by atoms with van der Waals surface area (Å²) in [6.07, 6.45) is 0. The van der Waals surface area contributed by atoms with Gasteiger partial charge in [0.1, 0.15) is 5.75 Å². The second-order valence-electron chi connectivity index (χ2n) is 6.19. The van der Waals surface area contributed by atoms with Crippen molar-refractivity contribution in [3.63, 3.8) is 0 Å². The van der Waals surface area contributed by atoms with E-state index in [0.717, 1.165) is 36.5 Å². The number of H-pyrrole nitrogens is 1. The van der Waals surface area contributed by atoms with Gasteiger partial charge in [-0.3, -0.25) is 5.01 Å². The average Bonchev–Trinajstić information content (AvgIpc) is 3.10. The standard InChI is InChI=1S/C19H21N5O2/c1-26-16-9-7-14(8-10-16)17-13-20-11-12-23(17)24-18(21-19(25)22-24)15-5-3-2-4-6-15/h2-10,17,20H,11-13H2,1H3,(H,22,25). The minimum absolute atomic E-state index is 0.0713. The molecule has 1 atom stereocenters. The van der Waals surface area contributed by atoms with Crippen molar-refractivity contribution in [3.05, 3.63) is 70.6 Å². The molecule has 0 radical (unpaired) electrons. The molecule has 0 aliphatic carbocycles. The number of methoxy groups -OCH3 is 1. The summed E-state index contributed by atoms with van der Waals surface area (Å²) in [6.45, 7) is 2.37. The van der Waals surface area contributed by atoms with Crippen molar-refractivity contribution in [2.24, 2.45) is 0 Å². The summed E-state index contributed by atoms with van der Waals surface area (Å²) >= 11 is 0. The van der Waals surface area contributed by atoms with Crippen LogP contribution in [0.5, 0.6) is 5.75 Å². The number of hydrogen-bond acceptors (Lipinski definition) is 5. The van der Waals surface area contributed by atoms with Gasteiger partial charge in [-0.15, -0.1) is 0 Å². The maximum Gasteiger partial charge on any atom is 0.363 e. The van der Waals surface area contributed by atoms with Gasteiger partial charge in [0.2, 0.25) is 0 Å². The largest absolute Gasteiger partial charge is 0.497 e. The molecular formula is C19H21N5O2. The Kier molecular flexibility index (Phi) is 4.45. The van der Waals surface area contributed by atoms with E-state index in [1.165, 1.54) is 0 Å². The Morgan fingerprint density at radius 3 is 2.62 bits per heavy atom. The van der Waals surface area contributed by atoms with E-state index < -0.39 is 0 Å². The van der Waals surface area contributed by atoms with Crippen LogP contribution in [0.15, 0.2) is 59.4 Å². The molecule has 26 heavy (non-hydrogen) atoms. The molecule has 1 aromatic heterocycles. The van der Waals surface area contributed by atoms with E-state index in [1.807, 2.05) is 42.5 Å². The average molecular weight is 351 g/mol. The van der Waals surface area contributed by atoms with E-state index in [1.54, 1.807) is 11.9 Å². The fourth-order valence-electron chi connectivity index (χ4n) is 3.32. The van der Waals surface area contributed by atoms with Gasteiger partial charge in [-0.1, -0.05) is 42.5 Å². The van der Waals surface area contributed by atoms with Crippen LogP contribution in [0, 0.1) is 0 Å². The summed E-state index contributed by atoms with van der Waals surface area (Å²) in [5.74, 6) is 1.45. The van der Waals surface area contributed by atoms with Crippen molar-refractivity contribution in [2.45, 2.75) is 6.04 Å². The van der Waals surface area contributed by atoms with E-state index in [0.29, 0.717) is 5.82 Å². The van der Waals surface area contributed by atoms with Crippen molar-refractivity contribution in [1.29, 1.82) is 0 Å².